The largest absolute Gasteiger partial charge is 0.479 e. The SMILES string of the molecule is C[C@@H](Oc1ccc(C#N)cc1)C(=O)OCC(=O)N(C)[C@@H]1CCCc2ccccc21. The molecule has 0 spiro atoms. The molecule has 0 radical (unpaired) electrons. The smallest absolute Gasteiger partial charge is 0.347 e. The number of hydrogen-bond donors (Lipinski definition) is 0. The lowest BCUT2D eigenvalue weighted by Crippen LogP contribution is -2.37. The molecule has 0 heterocycles. The predicted octanol–water partition coefficient (Wildman–Crippen LogP) is 3.40. The van der Waals surface area contributed by atoms with Gasteiger partial charge in [-0.1, -0.05) is 24.3 Å². The zero-order valence-corrected chi connectivity index (χ0v) is 16.6. The van der Waals surface area contributed by atoms with Gasteiger partial charge in [-0.15, -0.1) is 0 Å². The van der Waals surface area contributed by atoms with E-state index in [4.69, 9.17) is 14.7 Å². The first kappa shape index (κ1) is 20.4. The number of nitrogens with zero attached hydrogens (tertiary/aromatic N) is 2. The molecule has 2 atom stereocenters. The highest BCUT2D eigenvalue weighted by Gasteiger charge is 2.27. The maximum Gasteiger partial charge on any atom is 0.347 e. The first-order valence-corrected chi connectivity index (χ1v) is 9.66. The van der Waals surface area contributed by atoms with E-state index in [1.807, 2.05) is 18.2 Å². The summed E-state index contributed by atoms with van der Waals surface area (Å²) >= 11 is 0. The maximum absolute atomic E-state index is 12.6. The first-order valence-electron chi connectivity index (χ1n) is 9.66. The fraction of sp³-hybridized carbons (Fsp3) is 0.348. The predicted molar refractivity (Wildman–Crippen MR) is 107 cm³/mol. The first-order chi connectivity index (χ1) is 14.0. The van der Waals surface area contributed by atoms with Gasteiger partial charge in [0.25, 0.3) is 5.91 Å². The van der Waals surface area contributed by atoms with E-state index in [1.165, 1.54) is 11.1 Å². The summed E-state index contributed by atoms with van der Waals surface area (Å²) in [6.45, 7) is 1.24. The zero-order valence-electron chi connectivity index (χ0n) is 16.6. The Balaban J connectivity index is 1.53. The Morgan fingerprint density at radius 3 is 2.66 bits per heavy atom. The third-order valence-corrected chi connectivity index (χ3v) is 5.16. The highest BCUT2D eigenvalue weighted by atomic mass is 16.6. The van der Waals surface area contributed by atoms with Crippen molar-refractivity contribution in [1.82, 2.24) is 4.90 Å². The van der Waals surface area contributed by atoms with Crippen molar-refractivity contribution in [2.24, 2.45) is 0 Å². The second-order valence-electron chi connectivity index (χ2n) is 7.12. The molecule has 1 aliphatic carbocycles. The van der Waals surface area contributed by atoms with Crippen LogP contribution in [0.3, 0.4) is 0 Å². The number of ether oxygens (including phenoxy) is 2. The van der Waals surface area contributed by atoms with Gasteiger partial charge in [0, 0.05) is 7.05 Å². The molecule has 3 rings (SSSR count). The normalized spacial score (nSPS) is 16.1. The molecule has 2 aromatic rings. The molecule has 0 saturated heterocycles. The second-order valence-corrected chi connectivity index (χ2v) is 7.12. The molecule has 6 heteroatoms. The Morgan fingerprint density at radius 2 is 1.93 bits per heavy atom. The molecule has 1 amide bonds. The molecule has 2 aromatic carbocycles. The maximum atomic E-state index is 12.6. The number of rotatable bonds is 6. The molecular weight excluding hydrogens is 368 g/mol. The summed E-state index contributed by atoms with van der Waals surface area (Å²) in [7, 11) is 1.75. The second kappa shape index (κ2) is 9.24. The molecule has 6 nitrogen and oxygen atoms in total. The van der Waals surface area contributed by atoms with Crippen molar-refractivity contribution >= 4 is 11.9 Å². The van der Waals surface area contributed by atoms with E-state index in [1.54, 1.807) is 43.1 Å². The van der Waals surface area contributed by atoms with Crippen molar-refractivity contribution in [1.29, 1.82) is 5.26 Å². The Hall–Kier alpha value is -3.33. The Morgan fingerprint density at radius 1 is 1.21 bits per heavy atom. The molecule has 0 unspecified atom stereocenters. The van der Waals surface area contributed by atoms with Crippen molar-refractivity contribution in [2.75, 3.05) is 13.7 Å². The lowest BCUT2D eigenvalue weighted by molar-refractivity contribution is -0.157. The summed E-state index contributed by atoms with van der Waals surface area (Å²) < 4.78 is 10.7. The van der Waals surface area contributed by atoms with Crippen LogP contribution in [0.4, 0.5) is 0 Å². The minimum absolute atomic E-state index is 0.00141. The summed E-state index contributed by atoms with van der Waals surface area (Å²) in [6, 6.07) is 16.6. The van der Waals surface area contributed by atoms with Crippen LogP contribution in [0.15, 0.2) is 48.5 Å². The Bertz CT molecular complexity index is 917. The lowest BCUT2D eigenvalue weighted by atomic mass is 9.87. The molecule has 0 bridgehead atoms. The van der Waals surface area contributed by atoms with Crippen LogP contribution < -0.4 is 4.74 Å². The van der Waals surface area contributed by atoms with Crippen LogP contribution in [0.2, 0.25) is 0 Å². The number of fused-ring (bicyclic) bond motifs is 1. The summed E-state index contributed by atoms with van der Waals surface area (Å²) in [6.07, 6.45) is 2.07. The number of carbonyl (C=O) groups excluding carboxylic acids is 2. The van der Waals surface area contributed by atoms with Gasteiger partial charge in [-0.25, -0.2) is 4.79 Å². The van der Waals surface area contributed by atoms with Crippen molar-refractivity contribution in [3.63, 3.8) is 0 Å². The van der Waals surface area contributed by atoms with Gasteiger partial charge in [-0.3, -0.25) is 4.79 Å². The van der Waals surface area contributed by atoms with Crippen molar-refractivity contribution in [2.45, 2.75) is 38.3 Å². The van der Waals surface area contributed by atoms with Gasteiger partial charge in [0.05, 0.1) is 17.7 Å². The number of amides is 1. The van der Waals surface area contributed by atoms with Gasteiger partial charge in [-0.05, 0) is 61.6 Å². The number of hydrogen-bond acceptors (Lipinski definition) is 5. The molecule has 0 aromatic heterocycles. The average molecular weight is 392 g/mol. The fourth-order valence-electron chi connectivity index (χ4n) is 3.52. The van der Waals surface area contributed by atoms with E-state index >= 15 is 0 Å². The Kier molecular flexibility index (Phi) is 6.50. The minimum Gasteiger partial charge on any atom is -0.479 e. The van der Waals surface area contributed by atoms with Crippen LogP contribution in [0, 0.1) is 11.3 Å². The van der Waals surface area contributed by atoms with E-state index in [0.29, 0.717) is 11.3 Å². The molecular formula is C23H24N2O4. The molecule has 0 aliphatic heterocycles. The summed E-state index contributed by atoms with van der Waals surface area (Å²) in [5.74, 6) is -0.401. The van der Waals surface area contributed by atoms with Gasteiger partial charge < -0.3 is 14.4 Å². The number of likely N-dealkylation sites (N-methyl/N-ethyl adjacent to an activating group) is 1. The highest BCUT2D eigenvalue weighted by molar-refractivity contribution is 5.82. The monoisotopic (exact) mass is 392 g/mol. The van der Waals surface area contributed by atoms with Crippen LogP contribution in [0.25, 0.3) is 0 Å². The lowest BCUT2D eigenvalue weighted by Gasteiger charge is -2.33. The van der Waals surface area contributed by atoms with Crippen molar-refractivity contribution in [3.8, 4) is 11.8 Å². The molecule has 29 heavy (non-hydrogen) atoms. The van der Waals surface area contributed by atoms with Crippen LogP contribution in [-0.4, -0.2) is 36.5 Å². The third kappa shape index (κ3) is 4.94. The van der Waals surface area contributed by atoms with Gasteiger partial charge in [0.2, 0.25) is 0 Å². The van der Waals surface area contributed by atoms with Crippen LogP contribution in [0.5, 0.6) is 5.75 Å². The fourth-order valence-corrected chi connectivity index (χ4v) is 3.52. The standard InChI is InChI=1S/C23H24N2O4/c1-16(29-19-12-10-17(14-24)11-13-19)23(27)28-15-22(26)25(2)21-9-5-7-18-6-3-4-8-20(18)21/h3-4,6,8,10-13,16,21H,5,7,9,15H2,1-2H3/t16-,21-/m1/s1. The summed E-state index contributed by atoms with van der Waals surface area (Å²) in [5, 5.41) is 8.81. The molecule has 0 fully saturated rings. The number of aryl methyl sites for hydroxylation is 1. The molecule has 1 aliphatic rings. The zero-order chi connectivity index (χ0) is 20.8. The molecule has 0 N–H and O–H groups in total. The van der Waals surface area contributed by atoms with E-state index in [0.717, 1.165) is 19.3 Å². The van der Waals surface area contributed by atoms with Gasteiger partial charge in [0.15, 0.2) is 12.7 Å². The van der Waals surface area contributed by atoms with Crippen LogP contribution >= 0.6 is 0 Å². The van der Waals surface area contributed by atoms with Gasteiger partial charge >= 0.3 is 5.97 Å². The third-order valence-electron chi connectivity index (χ3n) is 5.16. The molecule has 0 saturated carbocycles. The number of benzene rings is 2. The topological polar surface area (TPSA) is 79.6 Å². The van der Waals surface area contributed by atoms with E-state index in [2.05, 4.69) is 12.1 Å². The quantitative estimate of drug-likeness (QED) is 0.704. The van der Waals surface area contributed by atoms with Crippen molar-refractivity contribution in [3.05, 3.63) is 65.2 Å². The summed E-state index contributed by atoms with van der Waals surface area (Å²) in [5.41, 5.74) is 2.94. The molecule has 150 valence electrons. The van der Waals surface area contributed by atoms with Gasteiger partial charge in [0.1, 0.15) is 5.75 Å². The number of nitriles is 1. The highest BCUT2D eigenvalue weighted by Crippen LogP contribution is 2.33. The van der Waals surface area contributed by atoms with Crippen LogP contribution in [-0.2, 0) is 20.7 Å². The van der Waals surface area contributed by atoms with E-state index in [-0.39, 0.29) is 18.6 Å². The van der Waals surface area contributed by atoms with Gasteiger partial charge in [-0.2, -0.15) is 5.26 Å². The Labute approximate surface area is 170 Å². The van der Waals surface area contributed by atoms with Crippen LogP contribution in [0.1, 0.15) is 42.5 Å². The number of carbonyl (C=O) groups is 2. The van der Waals surface area contributed by atoms with Crippen molar-refractivity contribution < 1.29 is 19.1 Å². The average Bonchev–Trinajstić information content (AvgIpc) is 2.76. The van der Waals surface area contributed by atoms with E-state index < -0.39 is 12.1 Å². The number of esters is 1. The van der Waals surface area contributed by atoms with E-state index in [9.17, 15) is 9.59 Å². The summed E-state index contributed by atoms with van der Waals surface area (Å²) in [4.78, 5) is 26.5. The minimum atomic E-state index is -0.864.